The van der Waals surface area contributed by atoms with Crippen molar-refractivity contribution in [3.05, 3.63) is 95.6 Å². The lowest BCUT2D eigenvalue weighted by Gasteiger charge is -2.12. The molecule has 0 unspecified atom stereocenters. The summed E-state index contributed by atoms with van der Waals surface area (Å²) in [6.07, 6.45) is 1.72. The van der Waals surface area contributed by atoms with Crippen LogP contribution >= 0.6 is 23.4 Å². The third-order valence-corrected chi connectivity index (χ3v) is 5.63. The fourth-order valence-corrected chi connectivity index (χ4v) is 4.05. The average molecular weight is 391 g/mol. The quantitative estimate of drug-likeness (QED) is 0.445. The highest BCUT2D eigenvalue weighted by Gasteiger charge is 2.16. The van der Waals surface area contributed by atoms with Crippen LogP contribution in [0.4, 0.5) is 5.69 Å². The first kappa shape index (κ1) is 17.6. The van der Waals surface area contributed by atoms with Gasteiger partial charge in [-0.15, -0.1) is 0 Å². The highest BCUT2D eigenvalue weighted by atomic mass is 35.5. The van der Waals surface area contributed by atoms with Gasteiger partial charge in [-0.2, -0.15) is 0 Å². The number of hydrogen-bond donors (Lipinski definition) is 1. The molecule has 3 nitrogen and oxygen atoms in total. The molecule has 5 heteroatoms. The number of anilines is 1. The van der Waals surface area contributed by atoms with Crippen molar-refractivity contribution in [2.24, 2.45) is 0 Å². The average Bonchev–Trinajstić information content (AvgIpc) is 2.70. The summed E-state index contributed by atoms with van der Waals surface area (Å²) >= 11 is 7.88. The highest BCUT2D eigenvalue weighted by Crippen LogP contribution is 2.36. The van der Waals surface area contributed by atoms with E-state index in [9.17, 15) is 4.79 Å². The minimum atomic E-state index is -0.214. The molecular weight excluding hydrogens is 376 g/mol. The van der Waals surface area contributed by atoms with Crippen molar-refractivity contribution in [2.45, 2.75) is 9.79 Å². The van der Waals surface area contributed by atoms with Crippen LogP contribution in [0.25, 0.3) is 10.9 Å². The number of rotatable bonds is 4. The van der Waals surface area contributed by atoms with Gasteiger partial charge in [0.25, 0.3) is 5.91 Å². The van der Waals surface area contributed by atoms with Crippen LogP contribution in [0.15, 0.2) is 94.9 Å². The molecule has 0 aliphatic rings. The van der Waals surface area contributed by atoms with Gasteiger partial charge in [-0.25, -0.2) is 0 Å². The van der Waals surface area contributed by atoms with E-state index in [1.165, 1.54) is 11.8 Å². The Hall–Kier alpha value is -2.82. The van der Waals surface area contributed by atoms with Gasteiger partial charge >= 0.3 is 0 Å². The molecule has 0 fully saturated rings. The van der Waals surface area contributed by atoms with Crippen molar-refractivity contribution in [1.29, 1.82) is 0 Å². The number of aromatic nitrogens is 1. The van der Waals surface area contributed by atoms with E-state index in [4.69, 9.17) is 11.6 Å². The Morgan fingerprint density at radius 2 is 1.67 bits per heavy atom. The van der Waals surface area contributed by atoms with E-state index in [1.807, 2.05) is 60.7 Å². The number of hydrogen-bond acceptors (Lipinski definition) is 3. The predicted molar refractivity (Wildman–Crippen MR) is 112 cm³/mol. The zero-order valence-corrected chi connectivity index (χ0v) is 15.8. The van der Waals surface area contributed by atoms with Crippen LogP contribution < -0.4 is 5.32 Å². The Labute approximate surface area is 166 Å². The molecule has 1 heterocycles. The van der Waals surface area contributed by atoms with E-state index in [-0.39, 0.29) is 5.91 Å². The number of benzene rings is 3. The minimum absolute atomic E-state index is 0.214. The molecule has 0 spiro atoms. The highest BCUT2D eigenvalue weighted by molar-refractivity contribution is 7.99. The second-order valence-electron chi connectivity index (χ2n) is 5.87. The summed E-state index contributed by atoms with van der Waals surface area (Å²) in [6.45, 7) is 0. The number of nitrogens with one attached hydrogen (secondary N) is 1. The van der Waals surface area contributed by atoms with E-state index >= 15 is 0 Å². The summed E-state index contributed by atoms with van der Waals surface area (Å²) in [6, 6.07) is 24.8. The largest absolute Gasteiger partial charge is 0.320 e. The number of fused-ring (bicyclic) bond motifs is 1. The van der Waals surface area contributed by atoms with Gasteiger partial charge in [0.15, 0.2) is 0 Å². The summed E-state index contributed by atoms with van der Waals surface area (Å²) in [5.41, 5.74) is 1.96. The van der Waals surface area contributed by atoms with Crippen molar-refractivity contribution in [3.8, 4) is 0 Å². The van der Waals surface area contributed by atoms with Crippen LogP contribution in [0, 0.1) is 0 Å². The smallest absolute Gasteiger partial charge is 0.256 e. The van der Waals surface area contributed by atoms with Gasteiger partial charge in [0.05, 0.1) is 21.8 Å². The molecule has 4 aromatic rings. The number of pyridine rings is 1. The van der Waals surface area contributed by atoms with Crippen molar-refractivity contribution in [1.82, 2.24) is 4.98 Å². The summed E-state index contributed by atoms with van der Waals surface area (Å²) in [5, 5.41) is 4.50. The standard InChI is InChI=1S/C22H15ClN2OS/c23-18-12-5-11-17(21(18)27-16-9-2-1-3-10-16)22(26)25-19-13-4-7-15-8-6-14-24-20(15)19/h1-14H,(H,25,26). The maximum absolute atomic E-state index is 13.0. The maximum atomic E-state index is 13.0. The van der Waals surface area contributed by atoms with Gasteiger partial charge in [0, 0.05) is 21.4 Å². The Balaban J connectivity index is 1.69. The molecule has 0 saturated carbocycles. The molecule has 1 amide bonds. The molecule has 0 bridgehead atoms. The number of amides is 1. The molecule has 0 aliphatic carbocycles. The molecule has 3 aromatic carbocycles. The monoisotopic (exact) mass is 390 g/mol. The lowest BCUT2D eigenvalue weighted by Crippen LogP contribution is -2.13. The van der Waals surface area contributed by atoms with Crippen molar-refractivity contribution >= 4 is 45.9 Å². The van der Waals surface area contributed by atoms with Gasteiger partial charge < -0.3 is 5.32 Å². The molecule has 0 atom stereocenters. The number of carbonyl (C=O) groups is 1. The molecule has 0 saturated heterocycles. The molecule has 4 rings (SSSR count). The van der Waals surface area contributed by atoms with E-state index in [2.05, 4.69) is 10.3 Å². The summed E-state index contributed by atoms with van der Waals surface area (Å²) in [7, 11) is 0. The third kappa shape index (κ3) is 3.82. The van der Waals surface area contributed by atoms with Gasteiger partial charge in [-0.05, 0) is 36.4 Å². The first-order chi connectivity index (χ1) is 13.2. The van der Waals surface area contributed by atoms with Crippen LogP contribution in [-0.2, 0) is 0 Å². The number of carbonyl (C=O) groups excluding carboxylic acids is 1. The summed E-state index contributed by atoms with van der Waals surface area (Å²) < 4.78 is 0. The lowest BCUT2D eigenvalue weighted by atomic mass is 10.1. The first-order valence-corrected chi connectivity index (χ1v) is 9.58. The first-order valence-electron chi connectivity index (χ1n) is 8.39. The van der Waals surface area contributed by atoms with Crippen LogP contribution in [0.5, 0.6) is 0 Å². The molecule has 1 aromatic heterocycles. The number of halogens is 1. The third-order valence-electron chi connectivity index (χ3n) is 4.06. The van der Waals surface area contributed by atoms with Crippen LogP contribution in [0.1, 0.15) is 10.4 Å². The number of nitrogens with zero attached hydrogens (tertiary/aromatic N) is 1. The maximum Gasteiger partial charge on any atom is 0.256 e. The zero-order chi connectivity index (χ0) is 18.6. The SMILES string of the molecule is O=C(Nc1cccc2cccnc12)c1cccc(Cl)c1Sc1ccccc1. The van der Waals surface area contributed by atoms with Crippen LogP contribution in [0.2, 0.25) is 5.02 Å². The predicted octanol–water partition coefficient (Wildman–Crippen LogP) is 6.29. The van der Waals surface area contributed by atoms with Gasteiger partial charge in [0.1, 0.15) is 0 Å². The Kier molecular flexibility index (Phi) is 5.10. The van der Waals surface area contributed by atoms with E-state index in [0.29, 0.717) is 16.3 Å². The fourth-order valence-electron chi connectivity index (χ4n) is 2.79. The molecule has 0 radical (unpaired) electrons. The van der Waals surface area contributed by atoms with Gasteiger partial charge in [-0.3, -0.25) is 9.78 Å². The van der Waals surface area contributed by atoms with Crippen LogP contribution in [0.3, 0.4) is 0 Å². The van der Waals surface area contributed by atoms with E-state index < -0.39 is 0 Å². The van der Waals surface area contributed by atoms with E-state index in [1.54, 1.807) is 24.4 Å². The second kappa shape index (κ2) is 7.82. The van der Waals surface area contributed by atoms with Gasteiger partial charge in [0.2, 0.25) is 0 Å². The Morgan fingerprint density at radius 1 is 0.889 bits per heavy atom. The van der Waals surface area contributed by atoms with E-state index in [0.717, 1.165) is 20.7 Å². The van der Waals surface area contributed by atoms with Crippen molar-refractivity contribution < 1.29 is 4.79 Å². The molecular formula is C22H15ClN2OS. The zero-order valence-electron chi connectivity index (χ0n) is 14.2. The molecule has 0 aliphatic heterocycles. The van der Waals surface area contributed by atoms with Crippen LogP contribution in [-0.4, -0.2) is 10.9 Å². The van der Waals surface area contributed by atoms with Crippen molar-refractivity contribution in [2.75, 3.05) is 5.32 Å². The lowest BCUT2D eigenvalue weighted by molar-refractivity contribution is 0.102. The molecule has 132 valence electrons. The summed E-state index contributed by atoms with van der Waals surface area (Å²) in [4.78, 5) is 19.2. The fraction of sp³-hybridized carbons (Fsp3) is 0. The molecule has 27 heavy (non-hydrogen) atoms. The Bertz CT molecular complexity index is 1110. The number of para-hydroxylation sites is 1. The van der Waals surface area contributed by atoms with Crippen molar-refractivity contribution in [3.63, 3.8) is 0 Å². The second-order valence-corrected chi connectivity index (χ2v) is 7.36. The molecule has 1 N–H and O–H groups in total. The topological polar surface area (TPSA) is 42.0 Å². The Morgan fingerprint density at radius 3 is 2.52 bits per heavy atom. The normalized spacial score (nSPS) is 10.7. The van der Waals surface area contributed by atoms with Gasteiger partial charge in [-0.1, -0.05) is 65.8 Å². The minimum Gasteiger partial charge on any atom is -0.320 e. The summed E-state index contributed by atoms with van der Waals surface area (Å²) in [5.74, 6) is -0.214.